The molecular formula is C9H13N3O2. The summed E-state index contributed by atoms with van der Waals surface area (Å²) in [5, 5.41) is 12.9. The Morgan fingerprint density at radius 3 is 2.79 bits per heavy atom. The number of carbonyl (C=O) groups excluding carboxylic acids is 1. The van der Waals surface area contributed by atoms with Crippen LogP contribution in [0.1, 0.15) is 12.8 Å². The summed E-state index contributed by atoms with van der Waals surface area (Å²) in [6.45, 7) is 1.93. The summed E-state index contributed by atoms with van der Waals surface area (Å²) in [6, 6.07) is 0. The highest BCUT2D eigenvalue weighted by atomic mass is 16.3. The Balaban J connectivity index is 1.93. The van der Waals surface area contributed by atoms with Crippen molar-refractivity contribution in [3.05, 3.63) is 12.4 Å². The topological polar surface area (TPSA) is 58.4 Å². The van der Waals surface area contributed by atoms with Crippen LogP contribution in [0.2, 0.25) is 0 Å². The first-order valence-corrected chi connectivity index (χ1v) is 4.75. The van der Waals surface area contributed by atoms with Crippen molar-refractivity contribution in [1.82, 2.24) is 14.7 Å². The molecule has 0 saturated carbocycles. The van der Waals surface area contributed by atoms with Crippen molar-refractivity contribution < 1.29 is 9.90 Å². The Kier molecular flexibility index (Phi) is 2.39. The van der Waals surface area contributed by atoms with Crippen molar-refractivity contribution in [1.29, 1.82) is 0 Å². The van der Waals surface area contributed by atoms with E-state index >= 15 is 0 Å². The number of hydrogen-bond donors (Lipinski definition) is 1. The molecule has 1 aliphatic rings. The van der Waals surface area contributed by atoms with Gasteiger partial charge in [-0.25, -0.2) is 0 Å². The third-order valence-corrected chi connectivity index (χ3v) is 2.38. The van der Waals surface area contributed by atoms with Gasteiger partial charge in [0.05, 0.1) is 12.4 Å². The van der Waals surface area contributed by atoms with Gasteiger partial charge in [0.1, 0.15) is 6.54 Å². The van der Waals surface area contributed by atoms with E-state index in [0.717, 1.165) is 25.9 Å². The van der Waals surface area contributed by atoms with Crippen LogP contribution in [-0.4, -0.2) is 38.8 Å². The first kappa shape index (κ1) is 9.05. The molecule has 76 valence electrons. The Bertz CT molecular complexity index is 329. The molecule has 1 N–H and O–H groups in total. The average Bonchev–Trinajstić information content (AvgIpc) is 2.75. The first-order valence-electron chi connectivity index (χ1n) is 4.75. The predicted octanol–water partition coefficient (Wildman–Crippen LogP) is 0.211. The lowest BCUT2D eigenvalue weighted by molar-refractivity contribution is -0.130. The third-order valence-electron chi connectivity index (χ3n) is 2.38. The fraction of sp³-hybridized carbons (Fsp3) is 0.556. The normalized spacial score (nSPS) is 16.1. The van der Waals surface area contributed by atoms with Gasteiger partial charge in [-0.2, -0.15) is 5.10 Å². The number of hydrogen-bond acceptors (Lipinski definition) is 3. The summed E-state index contributed by atoms with van der Waals surface area (Å²) in [4.78, 5) is 13.4. The molecule has 5 heteroatoms. The standard InChI is InChI=1S/C9H13N3O2/c13-8-5-10-12(6-8)7-9(14)11-3-1-2-4-11/h5-6,13H,1-4,7H2. The predicted molar refractivity (Wildman–Crippen MR) is 49.7 cm³/mol. The Hall–Kier alpha value is -1.52. The second-order valence-electron chi connectivity index (χ2n) is 3.48. The minimum Gasteiger partial charge on any atom is -0.505 e. The summed E-state index contributed by atoms with van der Waals surface area (Å²) in [6.07, 6.45) is 4.97. The fourth-order valence-electron chi connectivity index (χ4n) is 1.64. The molecule has 2 heterocycles. The Morgan fingerprint density at radius 1 is 1.50 bits per heavy atom. The summed E-state index contributed by atoms with van der Waals surface area (Å²) >= 11 is 0. The summed E-state index contributed by atoms with van der Waals surface area (Å²) < 4.78 is 1.45. The molecule has 0 aliphatic carbocycles. The molecule has 0 radical (unpaired) electrons. The highest BCUT2D eigenvalue weighted by molar-refractivity contribution is 5.76. The quantitative estimate of drug-likeness (QED) is 0.734. The maximum Gasteiger partial charge on any atom is 0.244 e. The lowest BCUT2D eigenvalue weighted by Gasteiger charge is -2.14. The van der Waals surface area contributed by atoms with Gasteiger partial charge >= 0.3 is 0 Å². The van der Waals surface area contributed by atoms with Gasteiger partial charge < -0.3 is 10.0 Å². The molecule has 2 rings (SSSR count). The monoisotopic (exact) mass is 195 g/mol. The molecule has 0 spiro atoms. The zero-order chi connectivity index (χ0) is 9.97. The second-order valence-corrected chi connectivity index (χ2v) is 3.48. The number of carbonyl (C=O) groups is 1. The van der Waals surface area contributed by atoms with Crippen LogP contribution >= 0.6 is 0 Å². The first-order chi connectivity index (χ1) is 6.75. The van der Waals surface area contributed by atoms with Gasteiger partial charge in [0.2, 0.25) is 5.91 Å². The zero-order valence-electron chi connectivity index (χ0n) is 7.89. The van der Waals surface area contributed by atoms with E-state index in [1.54, 1.807) is 0 Å². The van der Waals surface area contributed by atoms with Gasteiger partial charge in [0.25, 0.3) is 0 Å². The molecule has 0 atom stereocenters. The highest BCUT2D eigenvalue weighted by Gasteiger charge is 2.18. The molecule has 1 fully saturated rings. The molecule has 1 amide bonds. The van der Waals surface area contributed by atoms with E-state index in [1.165, 1.54) is 17.1 Å². The van der Waals surface area contributed by atoms with Crippen LogP contribution in [0.4, 0.5) is 0 Å². The minimum atomic E-state index is 0.0746. The van der Waals surface area contributed by atoms with Crippen molar-refractivity contribution >= 4 is 5.91 Å². The minimum absolute atomic E-state index is 0.0746. The smallest absolute Gasteiger partial charge is 0.244 e. The van der Waals surface area contributed by atoms with Crippen LogP contribution in [0.25, 0.3) is 0 Å². The molecule has 14 heavy (non-hydrogen) atoms. The number of nitrogens with zero attached hydrogens (tertiary/aromatic N) is 3. The third kappa shape index (κ3) is 1.86. The second kappa shape index (κ2) is 3.69. The fourth-order valence-corrected chi connectivity index (χ4v) is 1.64. The van der Waals surface area contributed by atoms with Gasteiger partial charge in [-0.1, -0.05) is 0 Å². The number of aromatic nitrogens is 2. The van der Waals surface area contributed by atoms with E-state index in [0.29, 0.717) is 0 Å². The van der Waals surface area contributed by atoms with Crippen molar-refractivity contribution in [3.8, 4) is 5.75 Å². The van der Waals surface area contributed by atoms with Crippen molar-refractivity contribution in [3.63, 3.8) is 0 Å². The molecule has 0 aromatic carbocycles. The average molecular weight is 195 g/mol. The molecule has 1 aromatic heterocycles. The Morgan fingerprint density at radius 2 is 2.21 bits per heavy atom. The number of amides is 1. The Labute approximate surface area is 81.9 Å². The molecular weight excluding hydrogens is 182 g/mol. The van der Waals surface area contributed by atoms with Crippen LogP contribution in [0, 0.1) is 0 Å². The molecule has 0 unspecified atom stereocenters. The van der Waals surface area contributed by atoms with E-state index in [1.807, 2.05) is 4.90 Å². The molecule has 0 bridgehead atoms. The summed E-state index contributed by atoms with van der Waals surface area (Å²) in [7, 11) is 0. The summed E-state index contributed by atoms with van der Waals surface area (Å²) in [5.41, 5.74) is 0. The van der Waals surface area contributed by atoms with Crippen LogP contribution < -0.4 is 0 Å². The summed E-state index contributed by atoms with van der Waals surface area (Å²) in [5.74, 6) is 0.171. The van der Waals surface area contributed by atoms with E-state index in [-0.39, 0.29) is 18.2 Å². The van der Waals surface area contributed by atoms with Gasteiger partial charge in [0, 0.05) is 13.1 Å². The maximum atomic E-state index is 11.6. The van der Waals surface area contributed by atoms with Crippen molar-refractivity contribution in [2.24, 2.45) is 0 Å². The van der Waals surface area contributed by atoms with E-state index in [9.17, 15) is 4.79 Å². The van der Waals surface area contributed by atoms with E-state index in [2.05, 4.69) is 5.10 Å². The van der Waals surface area contributed by atoms with Gasteiger partial charge in [-0.3, -0.25) is 9.48 Å². The van der Waals surface area contributed by atoms with E-state index < -0.39 is 0 Å². The van der Waals surface area contributed by atoms with Crippen molar-refractivity contribution in [2.75, 3.05) is 13.1 Å². The molecule has 1 aromatic rings. The number of rotatable bonds is 2. The number of aromatic hydroxyl groups is 1. The van der Waals surface area contributed by atoms with Gasteiger partial charge in [-0.15, -0.1) is 0 Å². The van der Waals surface area contributed by atoms with Crippen molar-refractivity contribution in [2.45, 2.75) is 19.4 Å². The lowest BCUT2D eigenvalue weighted by atomic mass is 10.4. The molecule has 5 nitrogen and oxygen atoms in total. The molecule has 1 aliphatic heterocycles. The van der Waals surface area contributed by atoms with Crippen LogP contribution in [0.3, 0.4) is 0 Å². The van der Waals surface area contributed by atoms with Gasteiger partial charge in [-0.05, 0) is 12.8 Å². The SMILES string of the molecule is O=C(Cn1cc(O)cn1)N1CCCC1. The maximum absolute atomic E-state index is 11.6. The van der Waals surface area contributed by atoms with Crippen LogP contribution in [0.5, 0.6) is 5.75 Å². The highest BCUT2D eigenvalue weighted by Crippen LogP contribution is 2.09. The van der Waals surface area contributed by atoms with Crippen LogP contribution in [0.15, 0.2) is 12.4 Å². The van der Waals surface area contributed by atoms with E-state index in [4.69, 9.17) is 5.11 Å². The lowest BCUT2D eigenvalue weighted by Crippen LogP contribution is -2.31. The molecule has 1 saturated heterocycles. The van der Waals surface area contributed by atoms with Crippen LogP contribution in [-0.2, 0) is 11.3 Å². The van der Waals surface area contributed by atoms with Gasteiger partial charge in [0.15, 0.2) is 5.75 Å². The number of likely N-dealkylation sites (tertiary alicyclic amines) is 1. The largest absolute Gasteiger partial charge is 0.505 e. The zero-order valence-corrected chi connectivity index (χ0v) is 7.89.